The molecule has 0 saturated carbocycles. The Hall–Kier alpha value is -0.0400. The Morgan fingerprint density at radius 2 is 1.90 bits per heavy atom. The Labute approximate surface area is 64.4 Å². The third-order valence-corrected chi connectivity index (χ3v) is 2.85. The number of hydrogen-bond donors (Lipinski definition) is 0. The lowest BCUT2D eigenvalue weighted by Crippen LogP contribution is -2.35. The molecule has 1 rings (SSSR count). The van der Waals surface area contributed by atoms with Crippen LogP contribution >= 0.6 is 0 Å². The van der Waals surface area contributed by atoms with Crippen LogP contribution in [-0.4, -0.2) is 23.5 Å². The van der Waals surface area contributed by atoms with Crippen molar-refractivity contribution in [2.75, 3.05) is 6.54 Å². The summed E-state index contributed by atoms with van der Waals surface area (Å²) in [5.41, 5.74) is 0. The van der Waals surface area contributed by atoms with Crippen LogP contribution in [0.3, 0.4) is 0 Å². The molecule has 60 valence electrons. The molecule has 0 aromatic heterocycles. The Morgan fingerprint density at radius 1 is 1.30 bits per heavy atom. The van der Waals surface area contributed by atoms with Crippen LogP contribution in [0.15, 0.2) is 0 Å². The minimum Gasteiger partial charge on any atom is -0.298 e. The predicted molar refractivity (Wildman–Crippen MR) is 45.1 cm³/mol. The molecule has 0 aromatic rings. The Balaban J connectivity index is 2.49. The number of rotatable bonds is 1. The lowest BCUT2D eigenvalue weighted by molar-refractivity contribution is 0.199. The van der Waals surface area contributed by atoms with E-state index in [1.165, 1.54) is 13.0 Å². The van der Waals surface area contributed by atoms with Crippen LogP contribution in [0.1, 0.15) is 34.1 Å². The van der Waals surface area contributed by atoms with Crippen molar-refractivity contribution in [2.45, 2.75) is 46.2 Å². The molecule has 1 heterocycles. The van der Waals surface area contributed by atoms with Gasteiger partial charge in [0.25, 0.3) is 0 Å². The fraction of sp³-hybridized carbons (Fsp3) is 1.00. The van der Waals surface area contributed by atoms with Crippen molar-refractivity contribution in [1.82, 2.24) is 4.90 Å². The average Bonchev–Trinajstić information content (AvgIpc) is 2.14. The van der Waals surface area contributed by atoms with Gasteiger partial charge >= 0.3 is 0 Å². The van der Waals surface area contributed by atoms with Crippen molar-refractivity contribution in [3.8, 4) is 0 Å². The van der Waals surface area contributed by atoms with Gasteiger partial charge in [0.15, 0.2) is 0 Å². The van der Waals surface area contributed by atoms with Gasteiger partial charge in [-0.2, -0.15) is 0 Å². The van der Waals surface area contributed by atoms with Gasteiger partial charge in [-0.25, -0.2) is 0 Å². The fourth-order valence-corrected chi connectivity index (χ4v) is 1.85. The van der Waals surface area contributed by atoms with Crippen molar-refractivity contribution in [3.05, 3.63) is 0 Å². The normalized spacial score (nSPS) is 35.7. The van der Waals surface area contributed by atoms with Gasteiger partial charge in [0.2, 0.25) is 0 Å². The third kappa shape index (κ3) is 1.34. The van der Waals surface area contributed by atoms with Gasteiger partial charge in [0.05, 0.1) is 0 Å². The van der Waals surface area contributed by atoms with E-state index in [0.717, 1.165) is 18.0 Å². The quantitative estimate of drug-likeness (QED) is 0.540. The summed E-state index contributed by atoms with van der Waals surface area (Å²) in [6.07, 6.45) is 1.39. The van der Waals surface area contributed by atoms with E-state index in [1.54, 1.807) is 0 Å². The van der Waals surface area contributed by atoms with E-state index >= 15 is 0 Å². The summed E-state index contributed by atoms with van der Waals surface area (Å²) in [4.78, 5) is 2.59. The summed E-state index contributed by atoms with van der Waals surface area (Å²) in [5.74, 6) is 0.905. The van der Waals surface area contributed by atoms with Gasteiger partial charge in [0, 0.05) is 12.1 Å². The molecule has 0 amide bonds. The Bertz CT molecular complexity index is 109. The molecule has 0 radical (unpaired) electrons. The van der Waals surface area contributed by atoms with Crippen LogP contribution < -0.4 is 0 Å². The topological polar surface area (TPSA) is 3.24 Å². The maximum Gasteiger partial charge on any atom is 0.00957 e. The van der Waals surface area contributed by atoms with Crippen molar-refractivity contribution in [2.24, 2.45) is 5.92 Å². The average molecular weight is 141 g/mol. The number of likely N-dealkylation sites (tertiary alicyclic amines) is 1. The van der Waals surface area contributed by atoms with E-state index in [2.05, 4.69) is 32.6 Å². The van der Waals surface area contributed by atoms with Crippen molar-refractivity contribution >= 4 is 0 Å². The number of nitrogens with zero attached hydrogens (tertiary/aromatic N) is 1. The Morgan fingerprint density at radius 3 is 2.10 bits per heavy atom. The highest BCUT2D eigenvalue weighted by molar-refractivity contribution is 4.82. The molecule has 1 saturated heterocycles. The second-order valence-corrected chi connectivity index (χ2v) is 3.84. The van der Waals surface area contributed by atoms with Crippen LogP contribution in [0.4, 0.5) is 0 Å². The van der Waals surface area contributed by atoms with Crippen molar-refractivity contribution in [1.29, 1.82) is 0 Å². The van der Waals surface area contributed by atoms with Gasteiger partial charge in [-0.15, -0.1) is 0 Å². The van der Waals surface area contributed by atoms with Gasteiger partial charge < -0.3 is 0 Å². The van der Waals surface area contributed by atoms with Crippen LogP contribution in [-0.2, 0) is 0 Å². The predicted octanol–water partition coefficient (Wildman–Crippen LogP) is 2.13. The monoisotopic (exact) mass is 141 g/mol. The molecule has 10 heavy (non-hydrogen) atoms. The summed E-state index contributed by atoms with van der Waals surface area (Å²) in [5, 5.41) is 0. The molecular formula is C9H19N. The minimum atomic E-state index is 0.736. The van der Waals surface area contributed by atoms with E-state index in [1.807, 2.05) is 0 Å². The second-order valence-electron chi connectivity index (χ2n) is 3.84. The molecule has 0 N–H and O–H groups in total. The molecule has 0 spiro atoms. The van der Waals surface area contributed by atoms with Crippen LogP contribution in [0, 0.1) is 5.92 Å². The highest BCUT2D eigenvalue weighted by Crippen LogP contribution is 2.24. The lowest BCUT2D eigenvalue weighted by Gasteiger charge is -2.26. The largest absolute Gasteiger partial charge is 0.298 e. The Kier molecular flexibility index (Phi) is 2.35. The number of hydrogen-bond acceptors (Lipinski definition) is 1. The van der Waals surface area contributed by atoms with E-state index in [-0.39, 0.29) is 0 Å². The highest BCUT2D eigenvalue weighted by Gasteiger charge is 2.28. The molecule has 1 heteroatoms. The molecule has 0 bridgehead atoms. The molecular weight excluding hydrogens is 122 g/mol. The summed E-state index contributed by atoms with van der Waals surface area (Å²) in [6, 6.07) is 1.54. The summed E-state index contributed by atoms with van der Waals surface area (Å²) in [7, 11) is 0. The first-order valence-electron chi connectivity index (χ1n) is 4.38. The molecule has 1 aliphatic heterocycles. The molecule has 1 aliphatic rings. The summed E-state index contributed by atoms with van der Waals surface area (Å²) >= 11 is 0. The zero-order chi connectivity index (χ0) is 7.72. The molecule has 0 aliphatic carbocycles. The van der Waals surface area contributed by atoms with Gasteiger partial charge in [0.1, 0.15) is 0 Å². The molecule has 2 atom stereocenters. The molecule has 1 fully saturated rings. The van der Waals surface area contributed by atoms with Crippen LogP contribution in [0.5, 0.6) is 0 Å². The van der Waals surface area contributed by atoms with Crippen molar-refractivity contribution < 1.29 is 0 Å². The first-order chi connectivity index (χ1) is 4.63. The zero-order valence-corrected chi connectivity index (χ0v) is 7.59. The first-order valence-corrected chi connectivity index (χ1v) is 4.38. The molecule has 1 nitrogen and oxygen atoms in total. The van der Waals surface area contributed by atoms with E-state index in [4.69, 9.17) is 0 Å². The minimum absolute atomic E-state index is 0.736. The SMILES string of the molecule is CC1CCN(C(C)C)C1C. The summed E-state index contributed by atoms with van der Waals surface area (Å²) in [6.45, 7) is 10.6. The van der Waals surface area contributed by atoms with Crippen molar-refractivity contribution in [3.63, 3.8) is 0 Å². The maximum atomic E-state index is 2.59. The van der Waals surface area contributed by atoms with E-state index in [9.17, 15) is 0 Å². The zero-order valence-electron chi connectivity index (χ0n) is 7.59. The standard InChI is InChI=1S/C9H19N/c1-7(2)10-6-5-8(3)9(10)4/h7-9H,5-6H2,1-4H3. The second kappa shape index (κ2) is 2.91. The first kappa shape index (κ1) is 8.06. The molecule has 2 unspecified atom stereocenters. The van der Waals surface area contributed by atoms with Gasteiger partial charge in [-0.05, 0) is 39.7 Å². The smallest absolute Gasteiger partial charge is 0.00957 e. The van der Waals surface area contributed by atoms with Crippen LogP contribution in [0.25, 0.3) is 0 Å². The highest BCUT2D eigenvalue weighted by atomic mass is 15.2. The molecule has 0 aromatic carbocycles. The van der Waals surface area contributed by atoms with Gasteiger partial charge in [-0.3, -0.25) is 4.90 Å². The lowest BCUT2D eigenvalue weighted by atomic mass is 10.1. The third-order valence-electron chi connectivity index (χ3n) is 2.85. The van der Waals surface area contributed by atoms with E-state index in [0.29, 0.717) is 0 Å². The van der Waals surface area contributed by atoms with E-state index < -0.39 is 0 Å². The maximum absolute atomic E-state index is 2.59. The van der Waals surface area contributed by atoms with Crippen LogP contribution in [0.2, 0.25) is 0 Å². The fourth-order valence-electron chi connectivity index (χ4n) is 1.85. The summed E-state index contributed by atoms with van der Waals surface area (Å²) < 4.78 is 0. The van der Waals surface area contributed by atoms with Gasteiger partial charge in [-0.1, -0.05) is 6.92 Å².